The Bertz CT molecular complexity index is 969. The highest BCUT2D eigenvalue weighted by Crippen LogP contribution is 2.54. The van der Waals surface area contributed by atoms with Crippen LogP contribution in [0.5, 0.6) is 0 Å². The molecular weight excluding hydrogens is 342 g/mol. The fourth-order valence-electron chi connectivity index (χ4n) is 2.90. The molecule has 0 atom stereocenters. The van der Waals surface area contributed by atoms with E-state index in [9.17, 15) is 8.78 Å². The summed E-state index contributed by atoms with van der Waals surface area (Å²) in [4.78, 5) is 2.69. The Kier molecular flexibility index (Phi) is 3.61. The summed E-state index contributed by atoms with van der Waals surface area (Å²) in [5, 5.41) is 41.4. The fraction of sp³-hybridized carbons (Fsp3) is 0.125. The third-order valence-corrected chi connectivity index (χ3v) is 4.08. The molecule has 0 spiro atoms. The van der Waals surface area contributed by atoms with E-state index in [0.29, 0.717) is 0 Å². The van der Waals surface area contributed by atoms with Crippen molar-refractivity contribution in [2.45, 2.75) is 0 Å². The molecule has 0 bridgehead atoms. The van der Waals surface area contributed by atoms with Gasteiger partial charge in [-0.15, -0.1) is 0 Å². The molecule has 2 aliphatic rings. The van der Waals surface area contributed by atoms with Gasteiger partial charge in [-0.1, -0.05) is 0 Å². The maximum absolute atomic E-state index is 14.5. The monoisotopic (exact) mass is 350 g/mol. The lowest BCUT2D eigenvalue weighted by atomic mass is 10.1. The van der Waals surface area contributed by atoms with Crippen molar-refractivity contribution in [3.63, 3.8) is 0 Å². The molecule has 26 heavy (non-hydrogen) atoms. The number of nitrogens with zero attached hydrogens (tertiary/aromatic N) is 6. The highest BCUT2D eigenvalue weighted by molar-refractivity contribution is 6.02. The summed E-state index contributed by atoms with van der Waals surface area (Å²) in [6.07, 6.45) is 0. The number of allylic oxidation sites excluding steroid dienone is 2. The lowest BCUT2D eigenvalue weighted by molar-refractivity contribution is 0.516. The van der Waals surface area contributed by atoms with Crippen molar-refractivity contribution in [2.75, 3.05) is 34.5 Å². The van der Waals surface area contributed by atoms with Gasteiger partial charge in [-0.2, -0.15) is 21.0 Å². The van der Waals surface area contributed by atoms with E-state index < -0.39 is 11.6 Å². The van der Waals surface area contributed by atoms with Crippen molar-refractivity contribution >= 4 is 22.7 Å². The van der Waals surface area contributed by atoms with E-state index in [1.165, 1.54) is 23.9 Å². The molecule has 2 aliphatic heterocycles. The Morgan fingerprint density at radius 3 is 1.31 bits per heavy atom. The highest BCUT2D eigenvalue weighted by Gasteiger charge is 2.40. The number of hydrogen-bond acceptors (Lipinski definition) is 8. The minimum atomic E-state index is -1.21. The molecule has 0 aromatic heterocycles. The molecule has 10 heteroatoms. The highest BCUT2D eigenvalue weighted by atomic mass is 19.2. The van der Waals surface area contributed by atoms with E-state index in [1.54, 1.807) is 24.3 Å². The summed E-state index contributed by atoms with van der Waals surface area (Å²) in [5.41, 5.74) is -0.777. The van der Waals surface area contributed by atoms with Crippen LogP contribution >= 0.6 is 0 Å². The lowest BCUT2D eigenvalue weighted by Gasteiger charge is -2.20. The van der Waals surface area contributed by atoms with Crippen molar-refractivity contribution in [3.8, 4) is 24.3 Å². The van der Waals surface area contributed by atoms with Gasteiger partial charge in [0, 0.05) is 14.1 Å². The van der Waals surface area contributed by atoms with E-state index in [1.807, 2.05) is 0 Å². The third-order valence-electron chi connectivity index (χ3n) is 4.08. The molecular formula is C16H8F2N8. The summed E-state index contributed by atoms with van der Waals surface area (Å²) in [6.45, 7) is 0. The van der Waals surface area contributed by atoms with Gasteiger partial charge in [0.2, 0.25) is 0 Å². The van der Waals surface area contributed by atoms with Gasteiger partial charge in [0.15, 0.2) is 22.8 Å². The van der Waals surface area contributed by atoms with Crippen LogP contribution < -0.4 is 20.4 Å². The van der Waals surface area contributed by atoms with Crippen LogP contribution in [0, 0.1) is 57.0 Å². The predicted molar refractivity (Wildman–Crippen MR) is 86.9 cm³/mol. The van der Waals surface area contributed by atoms with Crippen molar-refractivity contribution in [1.82, 2.24) is 0 Å². The van der Waals surface area contributed by atoms with Gasteiger partial charge in [0.05, 0.1) is 11.4 Å². The molecule has 1 aromatic carbocycles. The van der Waals surface area contributed by atoms with Gasteiger partial charge >= 0.3 is 0 Å². The number of halogens is 2. The van der Waals surface area contributed by atoms with Crippen molar-refractivity contribution in [3.05, 3.63) is 34.4 Å². The Morgan fingerprint density at radius 1 is 0.731 bits per heavy atom. The van der Waals surface area contributed by atoms with E-state index in [0.717, 1.165) is 0 Å². The first kappa shape index (κ1) is 16.6. The SMILES string of the molecule is CN1C(=C(C#N)C#N)Nc2c(F)c(F)c3c(c21)N(C)C(=C(C#N)C#N)N3. The van der Waals surface area contributed by atoms with Crippen LogP contribution in [0.3, 0.4) is 0 Å². The second-order valence-electron chi connectivity index (χ2n) is 5.34. The third kappa shape index (κ3) is 1.94. The van der Waals surface area contributed by atoms with Crippen LogP contribution in [0.25, 0.3) is 0 Å². The molecule has 0 saturated heterocycles. The minimum absolute atomic E-state index is 0.00307. The van der Waals surface area contributed by atoms with E-state index in [-0.39, 0.29) is 45.5 Å². The van der Waals surface area contributed by atoms with Crippen LogP contribution in [-0.2, 0) is 0 Å². The first-order chi connectivity index (χ1) is 12.4. The molecule has 0 aliphatic carbocycles. The number of benzene rings is 1. The van der Waals surface area contributed by atoms with E-state index >= 15 is 0 Å². The first-order valence-electron chi connectivity index (χ1n) is 7.06. The molecule has 0 saturated carbocycles. The number of fused-ring (bicyclic) bond motifs is 3. The Labute approximate surface area is 146 Å². The average molecular weight is 350 g/mol. The molecule has 1 aromatic rings. The first-order valence-corrected chi connectivity index (χ1v) is 7.06. The smallest absolute Gasteiger partial charge is 0.186 e. The number of hydrogen-bond donors (Lipinski definition) is 2. The zero-order valence-corrected chi connectivity index (χ0v) is 13.4. The molecule has 2 N–H and O–H groups in total. The lowest BCUT2D eigenvalue weighted by Crippen LogP contribution is -2.20. The van der Waals surface area contributed by atoms with Crippen molar-refractivity contribution < 1.29 is 8.78 Å². The molecule has 3 rings (SSSR count). The number of rotatable bonds is 0. The maximum atomic E-state index is 14.5. The molecule has 0 unspecified atom stereocenters. The minimum Gasteiger partial charge on any atom is -0.336 e. The van der Waals surface area contributed by atoms with E-state index in [2.05, 4.69) is 10.6 Å². The summed E-state index contributed by atoms with van der Waals surface area (Å²) >= 11 is 0. The van der Waals surface area contributed by atoms with Gasteiger partial charge in [-0.25, -0.2) is 8.78 Å². The Morgan fingerprint density at radius 2 is 1.04 bits per heavy atom. The number of anilines is 4. The summed E-state index contributed by atoms with van der Waals surface area (Å²) in [6, 6.07) is 6.76. The zero-order chi connectivity index (χ0) is 19.2. The summed E-state index contributed by atoms with van der Waals surface area (Å²) in [5.74, 6) is -2.42. The van der Waals surface area contributed by atoms with Gasteiger partial charge < -0.3 is 20.4 Å². The summed E-state index contributed by atoms with van der Waals surface area (Å²) in [7, 11) is 2.96. The number of nitriles is 4. The van der Waals surface area contributed by atoms with Crippen molar-refractivity contribution in [1.29, 1.82) is 21.0 Å². The fourth-order valence-corrected chi connectivity index (χ4v) is 2.90. The largest absolute Gasteiger partial charge is 0.336 e. The van der Waals surface area contributed by atoms with Gasteiger partial charge in [0.25, 0.3) is 0 Å². The van der Waals surface area contributed by atoms with Crippen LogP contribution in [0.2, 0.25) is 0 Å². The van der Waals surface area contributed by atoms with Gasteiger partial charge in [-0.3, -0.25) is 0 Å². The second-order valence-corrected chi connectivity index (χ2v) is 5.34. The van der Waals surface area contributed by atoms with Crippen LogP contribution in [0.15, 0.2) is 22.8 Å². The standard InChI is InChI=1S/C16H8F2N8/c1-25-13-11(23-15(25)7(3-19)4-20)9(17)10(18)12-14(13)26(2)16(24-12)8(5-21)6-22/h23-24H,1-2H3. The van der Waals surface area contributed by atoms with E-state index in [4.69, 9.17) is 21.0 Å². The quantitative estimate of drug-likeness (QED) is 0.682. The molecule has 0 radical (unpaired) electrons. The summed E-state index contributed by atoms with van der Waals surface area (Å²) < 4.78 is 29.1. The molecule has 0 amide bonds. The van der Waals surface area contributed by atoms with Crippen molar-refractivity contribution in [2.24, 2.45) is 0 Å². The molecule has 126 valence electrons. The van der Waals surface area contributed by atoms with Gasteiger partial charge in [-0.05, 0) is 0 Å². The predicted octanol–water partition coefficient (Wildman–Crippen LogP) is 2.21. The van der Waals surface area contributed by atoms with Crippen LogP contribution in [0.1, 0.15) is 0 Å². The molecule has 0 fully saturated rings. The zero-order valence-electron chi connectivity index (χ0n) is 13.4. The van der Waals surface area contributed by atoms with Crippen LogP contribution in [-0.4, -0.2) is 14.1 Å². The second kappa shape index (κ2) is 5.66. The van der Waals surface area contributed by atoms with Gasteiger partial charge in [0.1, 0.15) is 47.3 Å². The number of nitrogens with one attached hydrogen (secondary N) is 2. The topological polar surface area (TPSA) is 126 Å². The van der Waals surface area contributed by atoms with Crippen LogP contribution in [0.4, 0.5) is 31.5 Å². The average Bonchev–Trinajstić information content (AvgIpc) is 3.14. The Hall–Kier alpha value is -4.28. The maximum Gasteiger partial charge on any atom is 0.186 e. The normalized spacial score (nSPS) is 13.5. The molecule has 8 nitrogen and oxygen atoms in total. The Balaban J connectivity index is 2.34. The molecule has 2 heterocycles.